The first-order valence-corrected chi connectivity index (χ1v) is 45.6. The maximum atomic E-state index is 16.5. The molecule has 22 heteroatoms. The predicted molar refractivity (Wildman–Crippen MR) is 525 cm³/mol. The van der Waals surface area contributed by atoms with Crippen molar-refractivity contribution in [3.8, 4) is 69.0 Å². The van der Waals surface area contributed by atoms with E-state index in [1.165, 1.54) is 48.5 Å². The number of carbonyl (C=O) groups excluding carboxylic acids is 5. The van der Waals surface area contributed by atoms with Gasteiger partial charge in [-0.05, 0) is 115 Å². The van der Waals surface area contributed by atoms with Crippen LogP contribution in [0.1, 0.15) is 108 Å². The van der Waals surface area contributed by atoms with E-state index >= 15 is 24.0 Å². The highest BCUT2D eigenvalue weighted by Crippen LogP contribution is 2.46. The molecule has 0 aliphatic rings. The number of carbonyl (C=O) groups is 5. The number of aldehydes is 1. The average Bonchev–Trinajstić information content (AvgIpc) is 0.795. The highest BCUT2D eigenvalue weighted by molar-refractivity contribution is 5.95. The fraction of sp³-hybridized carbons (Fsp3) is 0.144. The number of rotatable bonds is 49. The van der Waals surface area contributed by atoms with Gasteiger partial charge in [0, 0.05) is 0 Å². The standard InChI is InChI=1S/C118H100O22/c119-69-108(138-116(122)96-63-102(127-72-85-41-17-3-18-42-85)111(134-79-92-55-31-10-32-56-92)103(64-96)128-73-86-43-19-4-20-44-86)114(140-118(124)98-67-106(131-76-89-49-25-7-26-50-89)113(136-81-94-59-35-12-36-60-94)107(68-98)132-77-90-51-27-8-28-52-90)109(139-117(123)97-65-104(129-74-87-45-21-5-22-46-87)112(135-80-93-57-33-11-34-58-93)105(66-97)130-75-88-47-23-6-24-48-88)99(120)82-137-115(121)95-61-100(125-70-83-37-13-1-14-38-83)110(133-78-91-53-29-9-30-54-91)101(62-95)126-71-84-39-15-2-16-40-84/h1-69,99,108-109,114,120H,70-82H2/t99-,108+,109-,114-/m1/s1. The summed E-state index contributed by atoms with van der Waals surface area (Å²) in [6, 6.07) is 122. The number of benzene rings is 16. The topological polar surface area (TPSA) is 253 Å². The lowest BCUT2D eigenvalue weighted by molar-refractivity contribution is -0.142. The van der Waals surface area contributed by atoms with E-state index in [-0.39, 0.29) is 177 Å². The first-order chi connectivity index (χ1) is 68.9. The summed E-state index contributed by atoms with van der Waals surface area (Å²) in [6.45, 7) is -1.65. The van der Waals surface area contributed by atoms with Crippen LogP contribution in [0.25, 0.3) is 0 Å². The van der Waals surface area contributed by atoms with Gasteiger partial charge < -0.3 is 80.9 Å². The van der Waals surface area contributed by atoms with Gasteiger partial charge in [0.1, 0.15) is 92.0 Å². The lowest BCUT2D eigenvalue weighted by atomic mass is 10.0. The molecule has 0 aliphatic carbocycles. The van der Waals surface area contributed by atoms with Gasteiger partial charge >= 0.3 is 23.9 Å². The SMILES string of the molecule is O=C[C@H](OC(=O)c1cc(OCc2ccccc2)c(OCc2ccccc2)c(OCc2ccccc2)c1)[C@@H](OC(=O)c1cc(OCc2ccccc2)c(OCc2ccccc2)c(OCc2ccccc2)c1)[C@H](OC(=O)c1cc(OCc2ccccc2)c(OCc2ccccc2)c(OCc2ccccc2)c1)[C@H](O)COC(=O)c1cc(OCc2ccccc2)c(OCc2ccccc2)c(OCc2ccccc2)c1. The largest absolute Gasteiger partial charge is 0.485 e. The highest BCUT2D eigenvalue weighted by atomic mass is 16.6. The van der Waals surface area contributed by atoms with E-state index in [1.54, 1.807) is 0 Å². The monoisotopic (exact) mass is 1870 g/mol. The average molecular weight is 1870 g/mol. The number of hydrogen-bond acceptors (Lipinski definition) is 22. The molecule has 16 rings (SSSR count). The van der Waals surface area contributed by atoms with E-state index in [1.807, 2.05) is 364 Å². The Morgan fingerprint density at radius 2 is 0.364 bits per heavy atom. The number of aliphatic hydroxyl groups is 1. The first-order valence-electron chi connectivity index (χ1n) is 45.6. The molecule has 0 fully saturated rings. The minimum Gasteiger partial charge on any atom is -0.485 e. The van der Waals surface area contributed by atoms with Crippen LogP contribution in [0.5, 0.6) is 69.0 Å². The lowest BCUT2D eigenvalue weighted by Gasteiger charge is -2.33. The molecule has 0 saturated carbocycles. The summed E-state index contributed by atoms with van der Waals surface area (Å²) >= 11 is 0. The van der Waals surface area contributed by atoms with E-state index in [0.717, 1.165) is 55.6 Å². The van der Waals surface area contributed by atoms with Crippen LogP contribution >= 0.6 is 0 Å². The second-order valence-electron chi connectivity index (χ2n) is 32.4. The van der Waals surface area contributed by atoms with Gasteiger partial charge in [-0.2, -0.15) is 0 Å². The van der Waals surface area contributed by atoms with Gasteiger partial charge in [0.2, 0.25) is 23.0 Å². The minimum absolute atomic E-state index is 0.00214. The molecule has 16 aromatic rings. The molecule has 4 atom stereocenters. The van der Waals surface area contributed by atoms with E-state index in [2.05, 4.69) is 0 Å². The molecular formula is C118H100O22. The minimum atomic E-state index is -2.50. The molecule has 704 valence electrons. The highest BCUT2D eigenvalue weighted by Gasteiger charge is 2.45. The van der Waals surface area contributed by atoms with Gasteiger partial charge in [-0.25, -0.2) is 19.2 Å². The van der Waals surface area contributed by atoms with Crippen molar-refractivity contribution in [3.05, 3.63) is 502 Å². The van der Waals surface area contributed by atoms with Crippen molar-refractivity contribution in [2.75, 3.05) is 6.61 Å². The zero-order valence-electron chi connectivity index (χ0n) is 76.4. The fourth-order valence-corrected chi connectivity index (χ4v) is 14.8. The summed E-state index contributed by atoms with van der Waals surface area (Å²) in [4.78, 5) is 79.7. The van der Waals surface area contributed by atoms with Crippen molar-refractivity contribution < 1.29 is 105 Å². The van der Waals surface area contributed by atoms with Gasteiger partial charge in [-0.3, -0.25) is 4.79 Å². The third-order valence-electron chi connectivity index (χ3n) is 22.1. The number of aliphatic hydroxyl groups excluding tert-OH is 1. The summed E-state index contributed by atoms with van der Waals surface area (Å²) in [7, 11) is 0. The van der Waals surface area contributed by atoms with Crippen molar-refractivity contribution in [3.63, 3.8) is 0 Å². The molecule has 0 unspecified atom stereocenters. The van der Waals surface area contributed by atoms with Gasteiger partial charge in [0.25, 0.3) is 0 Å². The van der Waals surface area contributed by atoms with Crippen LogP contribution in [0.2, 0.25) is 0 Å². The summed E-state index contributed by atoms with van der Waals surface area (Å²) in [5.74, 6) is -4.80. The second-order valence-corrected chi connectivity index (χ2v) is 32.4. The Labute approximate surface area is 811 Å². The predicted octanol–water partition coefficient (Wildman–Crippen LogP) is 23.0. The van der Waals surface area contributed by atoms with Crippen molar-refractivity contribution in [2.24, 2.45) is 0 Å². The zero-order valence-corrected chi connectivity index (χ0v) is 76.4. The summed E-state index contributed by atoms with van der Waals surface area (Å²) < 4.78 is 106. The van der Waals surface area contributed by atoms with Crippen LogP contribution in [0.15, 0.2) is 413 Å². The second kappa shape index (κ2) is 49.7. The molecule has 0 aliphatic heterocycles. The Bertz CT molecular complexity index is 6380. The molecule has 140 heavy (non-hydrogen) atoms. The molecule has 22 nitrogen and oxygen atoms in total. The normalized spacial score (nSPS) is 11.7. The molecule has 0 aromatic heterocycles. The van der Waals surface area contributed by atoms with Crippen molar-refractivity contribution in [1.29, 1.82) is 0 Å². The summed E-state index contributed by atoms with van der Waals surface area (Å²) in [6.07, 6.45) is -9.69. The molecule has 0 heterocycles. The summed E-state index contributed by atoms with van der Waals surface area (Å²) in [5, 5.41) is 13.7. The van der Waals surface area contributed by atoms with Crippen molar-refractivity contribution in [2.45, 2.75) is 104 Å². The molecule has 16 aromatic carbocycles. The number of hydrogen-bond donors (Lipinski definition) is 1. The van der Waals surface area contributed by atoms with Crippen LogP contribution in [-0.2, 0) is 103 Å². The zero-order chi connectivity index (χ0) is 96.1. The molecular weight excluding hydrogens is 1770 g/mol. The molecule has 0 radical (unpaired) electrons. The third-order valence-corrected chi connectivity index (χ3v) is 22.1. The van der Waals surface area contributed by atoms with E-state index in [9.17, 15) is 5.11 Å². The van der Waals surface area contributed by atoms with Crippen LogP contribution in [0.3, 0.4) is 0 Å². The Balaban J connectivity index is 0.852. The maximum Gasteiger partial charge on any atom is 0.339 e. The van der Waals surface area contributed by atoms with E-state index < -0.39 is 54.9 Å². The maximum absolute atomic E-state index is 16.5. The molecule has 0 saturated heterocycles. The fourth-order valence-electron chi connectivity index (χ4n) is 14.8. The van der Waals surface area contributed by atoms with Crippen LogP contribution in [0.4, 0.5) is 0 Å². The molecule has 1 N–H and O–H groups in total. The van der Waals surface area contributed by atoms with E-state index in [4.69, 9.17) is 75.8 Å². The first kappa shape index (κ1) is 95.8. The Morgan fingerprint density at radius 3 is 0.543 bits per heavy atom. The smallest absolute Gasteiger partial charge is 0.339 e. The lowest BCUT2D eigenvalue weighted by Crippen LogP contribution is -2.52. The third kappa shape index (κ3) is 27.7. The number of esters is 4. The van der Waals surface area contributed by atoms with Gasteiger partial charge in [0.15, 0.2) is 70.6 Å². The van der Waals surface area contributed by atoms with Gasteiger partial charge in [0.05, 0.1) is 22.3 Å². The number of ether oxygens (including phenoxy) is 16. The Morgan fingerprint density at radius 1 is 0.207 bits per heavy atom. The quantitative estimate of drug-likeness (QED) is 0.0211. The Hall–Kier alpha value is -17.4. The van der Waals surface area contributed by atoms with Crippen molar-refractivity contribution >= 4 is 30.2 Å². The van der Waals surface area contributed by atoms with Crippen LogP contribution in [-0.4, -0.2) is 66.3 Å². The van der Waals surface area contributed by atoms with Crippen molar-refractivity contribution in [1.82, 2.24) is 0 Å². The van der Waals surface area contributed by atoms with E-state index in [0.29, 0.717) is 11.1 Å². The summed E-state index contributed by atoms with van der Waals surface area (Å²) in [5.41, 5.74) is 7.74. The Kier molecular flexibility index (Phi) is 34.0. The molecule has 0 spiro atoms. The molecule has 0 amide bonds. The van der Waals surface area contributed by atoms with Gasteiger partial charge in [-0.15, -0.1) is 0 Å². The van der Waals surface area contributed by atoms with Crippen LogP contribution < -0.4 is 56.8 Å². The molecule has 0 bridgehead atoms. The van der Waals surface area contributed by atoms with Crippen LogP contribution in [0, 0.1) is 0 Å². The van der Waals surface area contributed by atoms with Gasteiger partial charge in [-0.1, -0.05) is 364 Å².